The highest BCUT2D eigenvalue weighted by molar-refractivity contribution is 7.93. The first-order valence-corrected chi connectivity index (χ1v) is 14.8. The predicted molar refractivity (Wildman–Crippen MR) is 130 cm³/mol. The maximum Gasteiger partial charge on any atom is 0.416 e. The first kappa shape index (κ1) is 27.4. The summed E-state index contributed by atoms with van der Waals surface area (Å²) in [4.78, 5) is 14.4. The number of hydrogen-bond acceptors (Lipinski definition) is 6. The monoisotopic (exact) mass is 559 g/mol. The molecule has 2 aliphatic rings. The van der Waals surface area contributed by atoms with Gasteiger partial charge < -0.3 is 9.64 Å². The van der Waals surface area contributed by atoms with Crippen molar-refractivity contribution in [1.82, 2.24) is 4.90 Å². The number of nitrogens with zero attached hydrogens (tertiary/aromatic N) is 1. The average Bonchev–Trinajstić information content (AvgIpc) is 3.59. The van der Waals surface area contributed by atoms with Gasteiger partial charge in [-0.05, 0) is 75.4 Å². The number of benzene rings is 2. The average molecular weight is 560 g/mol. The molecule has 12 heteroatoms. The summed E-state index contributed by atoms with van der Waals surface area (Å²) in [6.07, 6.45) is -3.16. The van der Waals surface area contributed by atoms with Gasteiger partial charge in [0, 0.05) is 13.1 Å². The Morgan fingerprint density at radius 2 is 1.65 bits per heavy atom. The first-order valence-electron chi connectivity index (χ1n) is 11.7. The van der Waals surface area contributed by atoms with Gasteiger partial charge in [0.15, 0.2) is 19.7 Å². The molecule has 1 aliphatic carbocycles. The molecular weight excluding hydrogens is 531 g/mol. The van der Waals surface area contributed by atoms with E-state index >= 15 is 0 Å². The zero-order valence-electron chi connectivity index (χ0n) is 20.6. The third-order valence-corrected chi connectivity index (χ3v) is 12.2. The number of rotatable bonds is 7. The van der Waals surface area contributed by atoms with E-state index in [1.807, 2.05) is 0 Å². The minimum absolute atomic E-state index is 0.0648. The second-order valence-corrected chi connectivity index (χ2v) is 14.7. The molecule has 0 N–H and O–H groups in total. The van der Waals surface area contributed by atoms with Gasteiger partial charge in [-0.15, -0.1) is 0 Å². The third-order valence-electron chi connectivity index (χ3n) is 7.32. The summed E-state index contributed by atoms with van der Waals surface area (Å²) in [7, 11) is -6.34. The number of amides is 1. The van der Waals surface area contributed by atoms with Gasteiger partial charge in [0.25, 0.3) is 5.91 Å². The second kappa shape index (κ2) is 9.30. The SMILES string of the molecule is COc1cc(S(=O)(=O)C2CC2)ccc1C(=O)N1CC[C@@H](C(C)(C)S(=O)(=O)c2cccc(C(F)(F)F)c2)C1. The Labute approximate surface area is 214 Å². The van der Waals surface area contributed by atoms with E-state index in [4.69, 9.17) is 4.74 Å². The molecule has 2 fully saturated rings. The molecule has 0 aromatic heterocycles. The molecule has 4 rings (SSSR count). The van der Waals surface area contributed by atoms with Crippen LogP contribution in [0.1, 0.15) is 49.0 Å². The molecule has 7 nitrogen and oxygen atoms in total. The van der Waals surface area contributed by atoms with Crippen LogP contribution in [0.5, 0.6) is 5.75 Å². The van der Waals surface area contributed by atoms with Crippen LogP contribution in [-0.4, -0.2) is 57.8 Å². The standard InChI is InChI=1S/C25H28F3NO6S2/c1-24(2,37(33,34)20-6-4-5-16(13-20)25(26,27)28)17-11-12-29(15-17)23(30)21-10-9-19(14-22(21)35-3)36(31,32)18-7-8-18/h4-6,9-10,13-14,17-18H,7-8,11-12,15H2,1-3H3/t17-/m1/s1. The highest BCUT2D eigenvalue weighted by atomic mass is 32.2. The molecule has 0 unspecified atom stereocenters. The summed E-state index contributed by atoms with van der Waals surface area (Å²) >= 11 is 0. The van der Waals surface area contributed by atoms with Gasteiger partial charge in [-0.25, -0.2) is 16.8 Å². The van der Waals surface area contributed by atoms with Crippen LogP contribution in [0.25, 0.3) is 0 Å². The summed E-state index contributed by atoms with van der Waals surface area (Å²) in [5.41, 5.74) is -0.900. The van der Waals surface area contributed by atoms with Crippen molar-refractivity contribution in [1.29, 1.82) is 0 Å². The van der Waals surface area contributed by atoms with Crippen LogP contribution in [0.4, 0.5) is 13.2 Å². The smallest absolute Gasteiger partial charge is 0.416 e. The minimum Gasteiger partial charge on any atom is -0.496 e. The van der Waals surface area contributed by atoms with Crippen LogP contribution in [0.15, 0.2) is 52.3 Å². The molecule has 37 heavy (non-hydrogen) atoms. The number of carbonyl (C=O) groups excluding carboxylic acids is 1. The van der Waals surface area contributed by atoms with Gasteiger partial charge in [0.05, 0.1) is 38.0 Å². The summed E-state index contributed by atoms with van der Waals surface area (Å²) < 4.78 is 95.3. The molecule has 0 spiro atoms. The van der Waals surface area contributed by atoms with E-state index in [1.54, 1.807) is 0 Å². The normalized spacial score (nSPS) is 19.2. The zero-order chi connectivity index (χ0) is 27.4. The van der Waals surface area contributed by atoms with E-state index in [0.29, 0.717) is 25.3 Å². The molecule has 1 saturated heterocycles. The van der Waals surface area contributed by atoms with Crippen LogP contribution in [0, 0.1) is 5.92 Å². The van der Waals surface area contributed by atoms with Crippen LogP contribution in [0.2, 0.25) is 0 Å². The minimum atomic E-state index is -4.68. The summed E-state index contributed by atoms with van der Waals surface area (Å²) in [6.45, 7) is 3.21. The molecule has 1 aliphatic heterocycles. The highest BCUT2D eigenvalue weighted by Crippen LogP contribution is 2.40. The topological polar surface area (TPSA) is 97.8 Å². The Kier molecular flexibility index (Phi) is 6.90. The van der Waals surface area contributed by atoms with E-state index in [9.17, 15) is 34.8 Å². The lowest BCUT2D eigenvalue weighted by Crippen LogP contribution is -2.42. The van der Waals surface area contributed by atoms with Crippen LogP contribution >= 0.6 is 0 Å². The van der Waals surface area contributed by atoms with E-state index in [-0.39, 0.29) is 29.3 Å². The van der Waals surface area contributed by atoms with E-state index in [2.05, 4.69) is 0 Å². The maximum absolute atomic E-state index is 13.4. The quantitative estimate of drug-likeness (QED) is 0.500. The van der Waals surface area contributed by atoms with Crippen molar-refractivity contribution < 1.29 is 39.5 Å². The van der Waals surface area contributed by atoms with Crippen molar-refractivity contribution in [2.75, 3.05) is 20.2 Å². The summed E-state index contributed by atoms with van der Waals surface area (Å²) in [5.74, 6) is -0.885. The Bertz CT molecular complexity index is 1430. The molecule has 1 heterocycles. The van der Waals surface area contributed by atoms with E-state index in [0.717, 1.165) is 18.2 Å². The number of ether oxygens (including phenoxy) is 1. The number of methoxy groups -OCH3 is 1. The fourth-order valence-corrected chi connectivity index (χ4v) is 8.09. The molecule has 1 atom stereocenters. The van der Waals surface area contributed by atoms with Crippen molar-refractivity contribution in [2.45, 2.75) is 59.1 Å². The summed E-state index contributed by atoms with van der Waals surface area (Å²) in [5, 5.41) is -0.417. The highest BCUT2D eigenvalue weighted by Gasteiger charge is 2.47. The Balaban J connectivity index is 1.56. The van der Waals surface area contributed by atoms with Gasteiger partial charge >= 0.3 is 6.18 Å². The van der Waals surface area contributed by atoms with Crippen LogP contribution in [-0.2, 0) is 25.9 Å². The van der Waals surface area contributed by atoms with Crippen LogP contribution < -0.4 is 4.74 Å². The van der Waals surface area contributed by atoms with Gasteiger partial charge in [0.2, 0.25) is 0 Å². The molecular formula is C25H28F3NO6S2. The molecule has 202 valence electrons. The van der Waals surface area contributed by atoms with E-state index < -0.39 is 58.1 Å². The van der Waals surface area contributed by atoms with E-state index in [1.165, 1.54) is 44.1 Å². The Morgan fingerprint density at radius 1 is 0.973 bits per heavy atom. The van der Waals surface area contributed by atoms with Gasteiger partial charge in [-0.1, -0.05) is 6.07 Å². The first-order chi connectivity index (χ1) is 17.1. The fraction of sp³-hybridized carbons (Fsp3) is 0.480. The van der Waals surface area contributed by atoms with Crippen LogP contribution in [0.3, 0.4) is 0 Å². The molecule has 1 amide bonds. The number of carbonyl (C=O) groups is 1. The predicted octanol–water partition coefficient (Wildman–Crippen LogP) is 4.36. The number of halogens is 3. The molecule has 0 bridgehead atoms. The molecule has 0 radical (unpaired) electrons. The van der Waals surface area contributed by atoms with Gasteiger partial charge in [-0.3, -0.25) is 4.79 Å². The summed E-state index contributed by atoms with van der Waals surface area (Å²) in [6, 6.07) is 7.76. The van der Waals surface area contributed by atoms with Crippen molar-refractivity contribution >= 4 is 25.6 Å². The lowest BCUT2D eigenvalue weighted by atomic mass is 9.94. The molecule has 2 aromatic carbocycles. The lowest BCUT2D eigenvalue weighted by Gasteiger charge is -2.31. The van der Waals surface area contributed by atoms with Crippen molar-refractivity contribution in [2.24, 2.45) is 5.92 Å². The Hall–Kier alpha value is -2.60. The number of sulfone groups is 2. The van der Waals surface area contributed by atoms with Crippen molar-refractivity contribution in [3.05, 3.63) is 53.6 Å². The van der Waals surface area contributed by atoms with Crippen molar-refractivity contribution in [3.8, 4) is 5.75 Å². The fourth-order valence-electron chi connectivity index (χ4n) is 4.64. The maximum atomic E-state index is 13.4. The number of hydrogen-bond donors (Lipinski definition) is 0. The largest absolute Gasteiger partial charge is 0.496 e. The third kappa shape index (κ3) is 4.97. The zero-order valence-corrected chi connectivity index (χ0v) is 22.2. The second-order valence-electron chi connectivity index (χ2n) is 9.98. The lowest BCUT2D eigenvalue weighted by molar-refractivity contribution is -0.137. The number of alkyl halides is 3. The van der Waals surface area contributed by atoms with Gasteiger partial charge in [-0.2, -0.15) is 13.2 Å². The van der Waals surface area contributed by atoms with Gasteiger partial charge in [0.1, 0.15) is 5.75 Å². The number of likely N-dealkylation sites (tertiary alicyclic amines) is 1. The molecule has 2 aromatic rings. The Morgan fingerprint density at radius 3 is 2.24 bits per heavy atom. The molecule has 1 saturated carbocycles. The van der Waals surface area contributed by atoms with Crippen molar-refractivity contribution in [3.63, 3.8) is 0 Å².